The SMILES string of the molecule is CCN(C(=O)Cn1c(C)nc(Cl)cc1=O)C1CC1. The highest BCUT2D eigenvalue weighted by molar-refractivity contribution is 6.29. The van der Waals surface area contributed by atoms with Crippen molar-refractivity contribution in [3.8, 4) is 0 Å². The molecule has 1 aliphatic carbocycles. The molecule has 1 amide bonds. The second-order valence-electron chi connectivity index (χ2n) is 4.46. The zero-order valence-electron chi connectivity index (χ0n) is 10.5. The lowest BCUT2D eigenvalue weighted by molar-refractivity contribution is -0.132. The number of aryl methyl sites for hydroxylation is 1. The highest BCUT2D eigenvalue weighted by Gasteiger charge is 2.31. The molecule has 18 heavy (non-hydrogen) atoms. The monoisotopic (exact) mass is 269 g/mol. The third-order valence-electron chi connectivity index (χ3n) is 3.11. The summed E-state index contributed by atoms with van der Waals surface area (Å²) in [5, 5.41) is 0.163. The first kappa shape index (κ1) is 13.1. The minimum Gasteiger partial charge on any atom is -0.338 e. The van der Waals surface area contributed by atoms with E-state index in [4.69, 9.17) is 11.6 Å². The average Bonchev–Trinajstić information content (AvgIpc) is 3.08. The molecule has 6 heteroatoms. The Labute approximate surface area is 110 Å². The molecule has 0 saturated heterocycles. The van der Waals surface area contributed by atoms with Crippen LogP contribution in [0.2, 0.25) is 5.15 Å². The molecule has 0 atom stereocenters. The molecule has 98 valence electrons. The van der Waals surface area contributed by atoms with Crippen LogP contribution in [0.1, 0.15) is 25.6 Å². The predicted octanol–water partition coefficient (Wildman–Crippen LogP) is 1.22. The summed E-state index contributed by atoms with van der Waals surface area (Å²) >= 11 is 5.69. The summed E-state index contributed by atoms with van der Waals surface area (Å²) in [6.07, 6.45) is 2.12. The zero-order valence-corrected chi connectivity index (χ0v) is 11.3. The second-order valence-corrected chi connectivity index (χ2v) is 4.85. The summed E-state index contributed by atoms with van der Waals surface area (Å²) in [6, 6.07) is 1.59. The van der Waals surface area contributed by atoms with Crippen LogP contribution >= 0.6 is 11.6 Å². The molecule has 0 aromatic carbocycles. The summed E-state index contributed by atoms with van der Waals surface area (Å²) in [5.41, 5.74) is -0.285. The van der Waals surface area contributed by atoms with Crippen LogP contribution < -0.4 is 5.56 Å². The lowest BCUT2D eigenvalue weighted by Gasteiger charge is -2.21. The summed E-state index contributed by atoms with van der Waals surface area (Å²) in [7, 11) is 0. The van der Waals surface area contributed by atoms with Gasteiger partial charge >= 0.3 is 0 Å². The fourth-order valence-electron chi connectivity index (χ4n) is 2.03. The van der Waals surface area contributed by atoms with Gasteiger partial charge in [0, 0.05) is 18.7 Å². The van der Waals surface area contributed by atoms with E-state index >= 15 is 0 Å². The molecule has 0 radical (unpaired) electrons. The minimum absolute atomic E-state index is 0.0330. The Bertz CT molecular complexity index is 523. The van der Waals surface area contributed by atoms with Crippen molar-refractivity contribution in [3.63, 3.8) is 0 Å². The first-order valence-electron chi connectivity index (χ1n) is 6.06. The van der Waals surface area contributed by atoms with E-state index in [0.717, 1.165) is 12.8 Å². The molecule has 1 aromatic heterocycles. The molecule has 5 nitrogen and oxygen atoms in total. The molecule has 1 heterocycles. The maximum atomic E-state index is 12.1. The first-order chi connectivity index (χ1) is 8.52. The van der Waals surface area contributed by atoms with Crippen molar-refractivity contribution in [1.82, 2.24) is 14.5 Å². The van der Waals surface area contributed by atoms with E-state index in [-0.39, 0.29) is 23.2 Å². The molecule has 0 bridgehead atoms. The lowest BCUT2D eigenvalue weighted by Crippen LogP contribution is -2.38. The molecular formula is C12H16ClN3O2. The Hall–Kier alpha value is -1.36. The molecule has 1 aliphatic rings. The van der Waals surface area contributed by atoms with Gasteiger partial charge in [-0.3, -0.25) is 14.2 Å². The number of nitrogens with zero attached hydrogens (tertiary/aromatic N) is 3. The van der Waals surface area contributed by atoms with Crippen LogP contribution in [-0.2, 0) is 11.3 Å². The van der Waals surface area contributed by atoms with Gasteiger partial charge < -0.3 is 4.90 Å². The largest absolute Gasteiger partial charge is 0.338 e. The summed E-state index contributed by atoms with van der Waals surface area (Å²) < 4.78 is 1.36. The highest BCUT2D eigenvalue weighted by Crippen LogP contribution is 2.26. The van der Waals surface area contributed by atoms with Gasteiger partial charge in [0.15, 0.2) is 0 Å². The number of likely N-dealkylation sites (N-methyl/N-ethyl adjacent to an activating group) is 1. The molecule has 0 spiro atoms. The van der Waals surface area contributed by atoms with Crippen molar-refractivity contribution in [3.05, 3.63) is 27.4 Å². The number of carbonyl (C=O) groups is 1. The van der Waals surface area contributed by atoms with Gasteiger partial charge in [-0.2, -0.15) is 0 Å². The van der Waals surface area contributed by atoms with Crippen molar-refractivity contribution >= 4 is 17.5 Å². The molecule has 0 aliphatic heterocycles. The Morgan fingerprint density at radius 1 is 1.61 bits per heavy atom. The molecular weight excluding hydrogens is 254 g/mol. The Kier molecular flexibility index (Phi) is 3.71. The number of hydrogen-bond acceptors (Lipinski definition) is 3. The number of aromatic nitrogens is 2. The second kappa shape index (κ2) is 5.10. The van der Waals surface area contributed by atoms with Crippen LogP contribution in [0.15, 0.2) is 10.9 Å². The van der Waals surface area contributed by atoms with Gasteiger partial charge in [-0.25, -0.2) is 4.98 Å². The van der Waals surface area contributed by atoms with Crippen molar-refractivity contribution in [1.29, 1.82) is 0 Å². The lowest BCUT2D eigenvalue weighted by atomic mass is 10.4. The van der Waals surface area contributed by atoms with Gasteiger partial charge in [-0.15, -0.1) is 0 Å². The quantitative estimate of drug-likeness (QED) is 0.772. The molecule has 0 N–H and O–H groups in total. The van der Waals surface area contributed by atoms with Crippen molar-refractivity contribution in [2.45, 2.75) is 39.3 Å². The normalized spacial score (nSPS) is 14.6. The number of amides is 1. The van der Waals surface area contributed by atoms with Gasteiger partial charge in [0.2, 0.25) is 5.91 Å². The van der Waals surface area contributed by atoms with E-state index in [2.05, 4.69) is 4.98 Å². The van der Waals surface area contributed by atoms with E-state index in [9.17, 15) is 9.59 Å². The van der Waals surface area contributed by atoms with E-state index in [0.29, 0.717) is 18.4 Å². The average molecular weight is 270 g/mol. The van der Waals surface area contributed by atoms with Crippen LogP contribution in [0.5, 0.6) is 0 Å². The maximum Gasteiger partial charge on any atom is 0.255 e. The molecule has 0 unspecified atom stereocenters. The van der Waals surface area contributed by atoms with Crippen LogP contribution in [0, 0.1) is 6.92 Å². The van der Waals surface area contributed by atoms with E-state index in [1.54, 1.807) is 6.92 Å². The topological polar surface area (TPSA) is 55.2 Å². The van der Waals surface area contributed by atoms with Gasteiger partial charge in [-0.05, 0) is 26.7 Å². The van der Waals surface area contributed by atoms with Crippen molar-refractivity contribution < 1.29 is 4.79 Å². The number of rotatable bonds is 4. The van der Waals surface area contributed by atoms with Gasteiger partial charge in [0.1, 0.15) is 17.5 Å². The predicted molar refractivity (Wildman–Crippen MR) is 68.7 cm³/mol. The van der Waals surface area contributed by atoms with Gasteiger partial charge in [0.05, 0.1) is 0 Å². The first-order valence-corrected chi connectivity index (χ1v) is 6.44. The van der Waals surface area contributed by atoms with E-state index in [1.165, 1.54) is 10.6 Å². The van der Waals surface area contributed by atoms with E-state index in [1.807, 2.05) is 11.8 Å². The summed E-state index contributed by atoms with van der Waals surface area (Å²) in [5.74, 6) is 0.432. The number of carbonyl (C=O) groups excluding carboxylic acids is 1. The number of halogens is 1. The Balaban J connectivity index is 2.18. The zero-order chi connectivity index (χ0) is 13.3. The smallest absolute Gasteiger partial charge is 0.255 e. The van der Waals surface area contributed by atoms with Crippen LogP contribution in [0.3, 0.4) is 0 Å². The van der Waals surface area contributed by atoms with Gasteiger partial charge in [-0.1, -0.05) is 11.6 Å². The minimum atomic E-state index is -0.285. The number of hydrogen-bond donors (Lipinski definition) is 0. The molecule has 1 saturated carbocycles. The Morgan fingerprint density at radius 2 is 2.28 bits per heavy atom. The Morgan fingerprint density at radius 3 is 2.78 bits per heavy atom. The summed E-state index contributed by atoms with van der Waals surface area (Å²) in [4.78, 5) is 29.7. The van der Waals surface area contributed by atoms with Crippen molar-refractivity contribution in [2.75, 3.05) is 6.54 Å². The van der Waals surface area contributed by atoms with Crippen LogP contribution in [-0.4, -0.2) is 32.9 Å². The molecule has 2 rings (SSSR count). The van der Waals surface area contributed by atoms with Crippen molar-refractivity contribution in [2.24, 2.45) is 0 Å². The maximum absolute atomic E-state index is 12.1. The molecule has 1 aromatic rings. The van der Waals surface area contributed by atoms with Crippen LogP contribution in [0.25, 0.3) is 0 Å². The third-order valence-corrected chi connectivity index (χ3v) is 3.30. The third kappa shape index (κ3) is 2.72. The van der Waals surface area contributed by atoms with E-state index < -0.39 is 0 Å². The van der Waals surface area contributed by atoms with Gasteiger partial charge in [0.25, 0.3) is 5.56 Å². The molecule has 1 fully saturated rings. The standard InChI is InChI=1S/C12H16ClN3O2/c1-3-15(9-4-5-9)12(18)7-16-8(2)14-10(13)6-11(16)17/h6,9H,3-5,7H2,1-2H3. The fraction of sp³-hybridized carbons (Fsp3) is 0.583. The fourth-order valence-corrected chi connectivity index (χ4v) is 2.24. The van der Waals surface area contributed by atoms with Crippen LogP contribution in [0.4, 0.5) is 0 Å². The summed E-state index contributed by atoms with van der Waals surface area (Å²) in [6.45, 7) is 4.34. The highest BCUT2D eigenvalue weighted by atomic mass is 35.5.